The van der Waals surface area contributed by atoms with Crippen molar-refractivity contribution in [1.82, 2.24) is 0 Å². The molecule has 1 atom stereocenters. The molecule has 0 saturated heterocycles. The number of aliphatic hydroxyl groups is 1. The number of carbonyl (C=O) groups is 2. The van der Waals surface area contributed by atoms with Crippen LogP contribution in [0, 0.1) is 0 Å². The maximum absolute atomic E-state index is 9.86. The van der Waals surface area contributed by atoms with Crippen LogP contribution < -0.4 is 0 Å². The van der Waals surface area contributed by atoms with Crippen LogP contribution in [0.4, 0.5) is 0 Å². The van der Waals surface area contributed by atoms with Gasteiger partial charge in [-0.1, -0.05) is 13.0 Å². The van der Waals surface area contributed by atoms with Crippen LogP contribution in [0.2, 0.25) is 0 Å². The molecule has 0 saturated carbocycles. The van der Waals surface area contributed by atoms with Crippen molar-refractivity contribution in [3.63, 3.8) is 0 Å². The van der Waals surface area contributed by atoms with E-state index < -0.39 is 18.0 Å². The molecule has 5 nitrogen and oxygen atoms in total. The van der Waals surface area contributed by atoms with Gasteiger partial charge < -0.3 is 15.3 Å². The summed E-state index contributed by atoms with van der Waals surface area (Å²) in [5.41, 5.74) is 0.389. The lowest BCUT2D eigenvalue weighted by Crippen LogP contribution is -2.17. The van der Waals surface area contributed by atoms with E-state index >= 15 is 0 Å². The maximum atomic E-state index is 9.86. The van der Waals surface area contributed by atoms with Crippen LogP contribution in [0.1, 0.15) is 27.2 Å². The largest absolute Gasteiger partial charge is 0.479 e. The average Bonchev–Trinajstić information content (AvgIpc) is 2.15. The first-order chi connectivity index (χ1) is 6.36. The molecule has 0 aromatic heterocycles. The Balaban J connectivity index is 0. The van der Waals surface area contributed by atoms with E-state index in [-0.39, 0.29) is 6.42 Å². The van der Waals surface area contributed by atoms with Gasteiger partial charge >= 0.3 is 11.9 Å². The van der Waals surface area contributed by atoms with E-state index in [0.29, 0.717) is 5.57 Å². The van der Waals surface area contributed by atoms with Gasteiger partial charge in [0, 0.05) is 5.57 Å². The van der Waals surface area contributed by atoms with E-state index in [9.17, 15) is 9.59 Å². The zero-order chi connectivity index (χ0) is 11.7. The summed E-state index contributed by atoms with van der Waals surface area (Å²) >= 11 is 0. The first-order valence-corrected chi connectivity index (χ1v) is 4.13. The van der Waals surface area contributed by atoms with Gasteiger partial charge in [0.1, 0.15) is 0 Å². The Morgan fingerprint density at radius 1 is 1.36 bits per heavy atom. The fourth-order valence-corrected chi connectivity index (χ4v) is 0.298. The predicted molar refractivity (Wildman–Crippen MR) is 51.0 cm³/mol. The Hall–Kier alpha value is -1.36. The van der Waals surface area contributed by atoms with Crippen LogP contribution in [0.25, 0.3) is 0 Å². The standard InChI is InChI=1S/C5H8O2.C4H8O3/c1-3-4(2)5(6)7;1-2-3(5)4(6)7/h3H,1-2H3,(H,6,7);3,5H,2H2,1H3,(H,6,7). The molecule has 14 heavy (non-hydrogen) atoms. The minimum atomic E-state index is -1.18. The van der Waals surface area contributed by atoms with Crippen molar-refractivity contribution < 1.29 is 24.9 Å². The van der Waals surface area contributed by atoms with Crippen molar-refractivity contribution in [3.05, 3.63) is 11.6 Å². The average molecular weight is 204 g/mol. The minimum absolute atomic E-state index is 0.273. The van der Waals surface area contributed by atoms with Crippen LogP contribution in [0.15, 0.2) is 11.6 Å². The van der Waals surface area contributed by atoms with Gasteiger partial charge in [-0.05, 0) is 20.3 Å². The molecule has 0 bridgehead atoms. The normalized spacial score (nSPS) is 12.4. The van der Waals surface area contributed by atoms with E-state index in [1.54, 1.807) is 26.8 Å². The molecule has 82 valence electrons. The molecule has 1 unspecified atom stereocenters. The summed E-state index contributed by atoms with van der Waals surface area (Å²) in [7, 11) is 0. The minimum Gasteiger partial charge on any atom is -0.479 e. The smallest absolute Gasteiger partial charge is 0.332 e. The van der Waals surface area contributed by atoms with Crippen LogP contribution in [0.3, 0.4) is 0 Å². The molecule has 0 amide bonds. The predicted octanol–water partition coefficient (Wildman–Crippen LogP) is 0.879. The van der Waals surface area contributed by atoms with Crippen LogP contribution in [-0.2, 0) is 9.59 Å². The molecule has 5 heteroatoms. The van der Waals surface area contributed by atoms with E-state index in [4.69, 9.17) is 15.3 Å². The van der Waals surface area contributed by atoms with Crippen molar-refractivity contribution in [2.75, 3.05) is 0 Å². The zero-order valence-electron chi connectivity index (χ0n) is 8.52. The number of carboxylic acid groups (broad SMARTS) is 2. The second-order valence-corrected chi connectivity index (χ2v) is 2.54. The molecule has 0 aliphatic carbocycles. The lowest BCUT2D eigenvalue weighted by atomic mass is 10.3. The van der Waals surface area contributed by atoms with E-state index in [1.807, 2.05) is 0 Å². The van der Waals surface area contributed by atoms with Gasteiger partial charge in [-0.3, -0.25) is 0 Å². The highest BCUT2D eigenvalue weighted by Crippen LogP contribution is 1.87. The molecule has 0 fully saturated rings. The summed E-state index contributed by atoms with van der Waals surface area (Å²) in [5, 5.41) is 24.4. The quantitative estimate of drug-likeness (QED) is 0.593. The first kappa shape index (κ1) is 15.1. The van der Waals surface area contributed by atoms with E-state index in [2.05, 4.69) is 0 Å². The summed E-state index contributed by atoms with van der Waals surface area (Å²) in [6, 6.07) is 0. The number of aliphatic carboxylic acids is 2. The summed E-state index contributed by atoms with van der Waals surface area (Å²) in [6.45, 7) is 4.87. The Kier molecular flexibility index (Phi) is 8.91. The molecule has 0 radical (unpaired) electrons. The van der Waals surface area contributed by atoms with Crippen LogP contribution in [-0.4, -0.2) is 33.4 Å². The Morgan fingerprint density at radius 2 is 1.79 bits per heavy atom. The Bertz CT molecular complexity index is 219. The molecular formula is C9H16O5. The van der Waals surface area contributed by atoms with Crippen molar-refractivity contribution in [2.24, 2.45) is 0 Å². The molecule has 0 spiro atoms. The molecular weight excluding hydrogens is 188 g/mol. The lowest BCUT2D eigenvalue weighted by Gasteiger charge is -1.95. The second kappa shape index (κ2) is 8.25. The van der Waals surface area contributed by atoms with E-state index in [1.165, 1.54) is 0 Å². The summed E-state index contributed by atoms with van der Waals surface area (Å²) in [4.78, 5) is 19.5. The van der Waals surface area contributed by atoms with Gasteiger partial charge in [-0.15, -0.1) is 0 Å². The SMILES string of the molecule is CC=C(C)C(=O)O.CCC(O)C(=O)O. The zero-order valence-corrected chi connectivity index (χ0v) is 8.52. The Labute approximate surface area is 82.7 Å². The highest BCUT2D eigenvalue weighted by molar-refractivity contribution is 5.85. The molecule has 0 aliphatic rings. The highest BCUT2D eigenvalue weighted by Gasteiger charge is 2.07. The number of hydrogen-bond donors (Lipinski definition) is 3. The van der Waals surface area contributed by atoms with Gasteiger partial charge in [0.2, 0.25) is 0 Å². The third-order valence-corrected chi connectivity index (χ3v) is 1.44. The molecule has 0 aromatic rings. The fourth-order valence-electron chi connectivity index (χ4n) is 0.298. The number of hydrogen-bond acceptors (Lipinski definition) is 3. The fraction of sp³-hybridized carbons (Fsp3) is 0.556. The summed E-state index contributed by atoms with van der Waals surface area (Å²) in [6.07, 6.45) is 0.650. The lowest BCUT2D eigenvalue weighted by molar-refractivity contribution is -0.146. The van der Waals surface area contributed by atoms with Gasteiger partial charge in [-0.2, -0.15) is 0 Å². The van der Waals surface area contributed by atoms with Crippen LogP contribution in [0.5, 0.6) is 0 Å². The summed E-state index contributed by atoms with van der Waals surface area (Å²) in [5.74, 6) is -2.00. The van der Waals surface area contributed by atoms with Gasteiger partial charge in [0.15, 0.2) is 6.10 Å². The molecule has 0 aliphatic heterocycles. The molecule has 3 N–H and O–H groups in total. The molecule has 0 rings (SSSR count). The Morgan fingerprint density at radius 3 is 1.79 bits per heavy atom. The van der Waals surface area contributed by atoms with Gasteiger partial charge in [0.25, 0.3) is 0 Å². The highest BCUT2D eigenvalue weighted by atomic mass is 16.4. The number of allylic oxidation sites excluding steroid dienone is 1. The maximum Gasteiger partial charge on any atom is 0.332 e. The van der Waals surface area contributed by atoms with Crippen molar-refractivity contribution in [1.29, 1.82) is 0 Å². The van der Waals surface area contributed by atoms with E-state index in [0.717, 1.165) is 0 Å². The summed E-state index contributed by atoms with van der Waals surface area (Å²) < 4.78 is 0. The third kappa shape index (κ3) is 8.73. The number of aliphatic hydroxyl groups excluding tert-OH is 1. The number of rotatable bonds is 3. The monoisotopic (exact) mass is 204 g/mol. The van der Waals surface area contributed by atoms with Gasteiger partial charge in [-0.25, -0.2) is 9.59 Å². The van der Waals surface area contributed by atoms with Crippen molar-refractivity contribution >= 4 is 11.9 Å². The van der Waals surface area contributed by atoms with Crippen LogP contribution >= 0.6 is 0 Å². The van der Waals surface area contributed by atoms with Crippen molar-refractivity contribution in [2.45, 2.75) is 33.3 Å². The van der Waals surface area contributed by atoms with Gasteiger partial charge in [0.05, 0.1) is 0 Å². The molecule has 0 aromatic carbocycles. The number of carboxylic acids is 2. The molecule has 0 heterocycles. The van der Waals surface area contributed by atoms with Crippen molar-refractivity contribution in [3.8, 4) is 0 Å². The second-order valence-electron chi connectivity index (χ2n) is 2.54. The third-order valence-electron chi connectivity index (χ3n) is 1.44. The topological polar surface area (TPSA) is 94.8 Å². The first-order valence-electron chi connectivity index (χ1n) is 4.13.